The van der Waals surface area contributed by atoms with Crippen LogP contribution in [0.25, 0.3) is 0 Å². The van der Waals surface area contributed by atoms with E-state index in [4.69, 9.17) is 4.74 Å². The normalized spacial score (nSPS) is 16.6. The number of hydrogen-bond donors (Lipinski definition) is 1. The molecule has 1 aromatic heterocycles. The molecule has 0 radical (unpaired) electrons. The van der Waals surface area contributed by atoms with E-state index in [2.05, 4.69) is 35.5 Å². The lowest BCUT2D eigenvalue weighted by Gasteiger charge is -2.26. The molecule has 0 spiro atoms. The van der Waals surface area contributed by atoms with Gasteiger partial charge in [0.2, 0.25) is 0 Å². The van der Waals surface area contributed by atoms with Crippen LogP contribution in [0.2, 0.25) is 0 Å². The van der Waals surface area contributed by atoms with E-state index in [0.29, 0.717) is 19.6 Å². The van der Waals surface area contributed by atoms with E-state index in [9.17, 15) is 4.79 Å². The first kappa shape index (κ1) is 18.5. The van der Waals surface area contributed by atoms with Crippen molar-refractivity contribution >= 4 is 6.03 Å². The molecule has 2 heterocycles. The highest BCUT2D eigenvalue weighted by atomic mass is 16.5. The summed E-state index contributed by atoms with van der Waals surface area (Å²) in [5.41, 5.74) is 2.36. The van der Waals surface area contributed by atoms with Crippen LogP contribution >= 0.6 is 0 Å². The van der Waals surface area contributed by atoms with Gasteiger partial charge in [-0.3, -0.25) is 4.68 Å². The lowest BCUT2D eigenvalue weighted by molar-refractivity contribution is 0.0794. The van der Waals surface area contributed by atoms with Gasteiger partial charge >= 0.3 is 6.03 Å². The van der Waals surface area contributed by atoms with Crippen LogP contribution in [0.4, 0.5) is 4.79 Å². The van der Waals surface area contributed by atoms with Gasteiger partial charge in [-0.2, -0.15) is 5.10 Å². The van der Waals surface area contributed by atoms with E-state index >= 15 is 0 Å². The summed E-state index contributed by atoms with van der Waals surface area (Å²) in [7, 11) is 0. The van der Waals surface area contributed by atoms with E-state index in [1.165, 1.54) is 5.56 Å². The quantitative estimate of drug-likeness (QED) is 0.740. The van der Waals surface area contributed by atoms with Crippen molar-refractivity contribution in [2.45, 2.75) is 45.4 Å². The van der Waals surface area contributed by atoms with E-state index in [1.807, 2.05) is 27.9 Å². The molecule has 0 unspecified atom stereocenters. The average Bonchev–Trinajstić information content (AvgIpc) is 3.32. The highest BCUT2D eigenvalue weighted by molar-refractivity contribution is 5.74. The molecule has 0 saturated carbocycles. The molecule has 1 aliphatic heterocycles. The molecular formula is C20H28N4O2. The SMILES string of the molecule is Cc1cccc(CN(C[C@H]2CCCO2)C(=O)NCCCn2cccn2)c1. The van der Waals surface area contributed by atoms with Gasteiger partial charge in [0.25, 0.3) is 0 Å². The fourth-order valence-corrected chi connectivity index (χ4v) is 3.27. The molecule has 2 aromatic rings. The molecule has 0 aliphatic carbocycles. The van der Waals surface area contributed by atoms with Gasteiger partial charge in [0, 0.05) is 45.2 Å². The number of aromatic nitrogens is 2. The van der Waals surface area contributed by atoms with Gasteiger partial charge in [0.05, 0.1) is 6.10 Å². The number of urea groups is 1. The lowest BCUT2D eigenvalue weighted by atomic mass is 10.1. The predicted octanol–water partition coefficient (Wildman–Crippen LogP) is 2.97. The zero-order valence-electron chi connectivity index (χ0n) is 15.4. The molecule has 6 nitrogen and oxygen atoms in total. The van der Waals surface area contributed by atoms with Crippen molar-refractivity contribution in [2.75, 3.05) is 19.7 Å². The third-order valence-electron chi connectivity index (χ3n) is 4.59. The van der Waals surface area contributed by atoms with Gasteiger partial charge in [-0.15, -0.1) is 0 Å². The smallest absolute Gasteiger partial charge is 0.317 e. The summed E-state index contributed by atoms with van der Waals surface area (Å²) in [5.74, 6) is 0. The van der Waals surface area contributed by atoms with Gasteiger partial charge in [0.15, 0.2) is 0 Å². The summed E-state index contributed by atoms with van der Waals surface area (Å²) in [6.45, 7) is 5.55. The summed E-state index contributed by atoms with van der Waals surface area (Å²) in [6, 6.07) is 10.2. The second kappa shape index (κ2) is 9.38. The fourth-order valence-electron chi connectivity index (χ4n) is 3.27. The van der Waals surface area contributed by atoms with Gasteiger partial charge in [-0.05, 0) is 37.8 Å². The Balaban J connectivity index is 1.53. The zero-order valence-corrected chi connectivity index (χ0v) is 15.4. The third kappa shape index (κ3) is 5.59. The van der Waals surface area contributed by atoms with Crippen molar-refractivity contribution in [3.05, 3.63) is 53.9 Å². The first-order valence-electron chi connectivity index (χ1n) is 9.38. The van der Waals surface area contributed by atoms with Crippen LogP contribution in [0.15, 0.2) is 42.7 Å². The molecule has 26 heavy (non-hydrogen) atoms. The molecule has 1 fully saturated rings. The maximum atomic E-state index is 12.7. The van der Waals surface area contributed by atoms with Crippen molar-refractivity contribution in [1.29, 1.82) is 0 Å². The van der Waals surface area contributed by atoms with E-state index in [0.717, 1.165) is 38.0 Å². The number of carbonyl (C=O) groups excluding carboxylic acids is 1. The maximum absolute atomic E-state index is 12.7. The Hall–Kier alpha value is -2.34. The van der Waals surface area contributed by atoms with Crippen molar-refractivity contribution in [3.8, 4) is 0 Å². The molecule has 0 bridgehead atoms. The van der Waals surface area contributed by atoms with Gasteiger partial charge < -0.3 is 15.0 Å². The molecular weight excluding hydrogens is 328 g/mol. The molecule has 1 aliphatic rings. The van der Waals surface area contributed by atoms with E-state index < -0.39 is 0 Å². The van der Waals surface area contributed by atoms with Crippen molar-refractivity contribution in [1.82, 2.24) is 20.0 Å². The van der Waals surface area contributed by atoms with Crippen molar-refractivity contribution in [3.63, 3.8) is 0 Å². The van der Waals surface area contributed by atoms with Crippen LogP contribution in [0, 0.1) is 6.92 Å². The number of amides is 2. The summed E-state index contributed by atoms with van der Waals surface area (Å²) in [6.07, 6.45) is 6.80. The predicted molar refractivity (Wildman–Crippen MR) is 101 cm³/mol. The number of rotatable bonds is 8. The minimum Gasteiger partial charge on any atom is -0.376 e. The molecule has 140 valence electrons. The molecule has 1 aromatic carbocycles. The van der Waals surface area contributed by atoms with Crippen LogP contribution in [-0.2, 0) is 17.8 Å². The second-order valence-electron chi connectivity index (χ2n) is 6.86. The Labute approximate surface area is 155 Å². The summed E-state index contributed by atoms with van der Waals surface area (Å²) in [5, 5.41) is 7.22. The summed E-state index contributed by atoms with van der Waals surface area (Å²) < 4.78 is 7.61. The Bertz CT molecular complexity index is 681. The van der Waals surface area contributed by atoms with Crippen LogP contribution in [0.3, 0.4) is 0 Å². The van der Waals surface area contributed by atoms with E-state index in [1.54, 1.807) is 6.20 Å². The number of nitrogens with one attached hydrogen (secondary N) is 1. The van der Waals surface area contributed by atoms with Gasteiger partial charge in [-0.25, -0.2) is 4.79 Å². The van der Waals surface area contributed by atoms with Crippen LogP contribution in [0.5, 0.6) is 0 Å². The zero-order chi connectivity index (χ0) is 18.2. The number of benzene rings is 1. The number of hydrogen-bond acceptors (Lipinski definition) is 3. The number of nitrogens with zero attached hydrogens (tertiary/aromatic N) is 3. The topological polar surface area (TPSA) is 59.4 Å². The molecule has 3 rings (SSSR count). The van der Waals surface area contributed by atoms with Crippen molar-refractivity contribution < 1.29 is 9.53 Å². The van der Waals surface area contributed by atoms with E-state index in [-0.39, 0.29) is 12.1 Å². The highest BCUT2D eigenvalue weighted by Crippen LogP contribution is 2.16. The molecule has 1 saturated heterocycles. The maximum Gasteiger partial charge on any atom is 0.317 e. The average molecular weight is 356 g/mol. The lowest BCUT2D eigenvalue weighted by Crippen LogP contribution is -2.43. The summed E-state index contributed by atoms with van der Waals surface area (Å²) >= 11 is 0. The molecule has 1 N–H and O–H groups in total. The third-order valence-corrected chi connectivity index (χ3v) is 4.59. The molecule has 2 amide bonds. The largest absolute Gasteiger partial charge is 0.376 e. The fraction of sp³-hybridized carbons (Fsp3) is 0.500. The van der Waals surface area contributed by atoms with Crippen LogP contribution in [-0.4, -0.2) is 46.5 Å². The monoisotopic (exact) mass is 356 g/mol. The summed E-state index contributed by atoms with van der Waals surface area (Å²) in [4.78, 5) is 14.6. The standard InChI is InChI=1S/C20H28N4O2/c1-17-6-2-7-18(14-17)15-23(16-19-8-3-13-26-19)20(25)21-9-4-11-24-12-5-10-22-24/h2,5-7,10,12,14,19H,3-4,8-9,11,13,15-16H2,1H3,(H,21,25)/t19-/m1/s1. The minimum absolute atomic E-state index is 0.0255. The Morgan fingerprint density at radius 2 is 2.35 bits per heavy atom. The van der Waals surface area contributed by atoms with Crippen LogP contribution in [0.1, 0.15) is 30.4 Å². The Morgan fingerprint density at radius 1 is 1.42 bits per heavy atom. The van der Waals surface area contributed by atoms with Crippen LogP contribution < -0.4 is 5.32 Å². The first-order chi connectivity index (χ1) is 12.7. The second-order valence-corrected chi connectivity index (χ2v) is 6.86. The number of ether oxygens (including phenoxy) is 1. The first-order valence-corrected chi connectivity index (χ1v) is 9.38. The van der Waals surface area contributed by atoms with Gasteiger partial charge in [-0.1, -0.05) is 29.8 Å². The Morgan fingerprint density at radius 3 is 3.08 bits per heavy atom. The number of carbonyl (C=O) groups is 1. The van der Waals surface area contributed by atoms with Gasteiger partial charge in [0.1, 0.15) is 0 Å². The molecule has 1 atom stereocenters. The Kier molecular flexibility index (Phi) is 6.66. The highest BCUT2D eigenvalue weighted by Gasteiger charge is 2.22. The minimum atomic E-state index is -0.0255. The number of aryl methyl sites for hydroxylation is 2. The van der Waals surface area contributed by atoms with Crippen molar-refractivity contribution in [2.24, 2.45) is 0 Å². The molecule has 6 heteroatoms.